The first kappa shape index (κ1) is 11.9. The number of amides is 1. The van der Waals surface area contributed by atoms with Crippen molar-refractivity contribution in [3.05, 3.63) is 33.6 Å². The van der Waals surface area contributed by atoms with Crippen LogP contribution in [0.1, 0.15) is 18.4 Å². The zero-order valence-corrected chi connectivity index (χ0v) is 8.44. The number of rotatable bonds is 3. The molecule has 1 aromatic carbocycles. The molecule has 0 fully saturated rings. The number of nitrogens with zero attached hydrogens (tertiary/aromatic N) is 1. The molecule has 0 saturated heterocycles. The van der Waals surface area contributed by atoms with Gasteiger partial charge in [-0.05, 0) is 24.6 Å². The summed E-state index contributed by atoms with van der Waals surface area (Å²) in [5, 5.41) is 10.5. The quantitative estimate of drug-likeness (QED) is 0.453. The summed E-state index contributed by atoms with van der Waals surface area (Å²) in [6, 6.07) is 2.07. The highest BCUT2D eigenvalue weighted by Gasteiger charge is 2.22. The van der Waals surface area contributed by atoms with E-state index < -0.39 is 28.3 Å². The largest absolute Gasteiger partial charge is 0.393 e. The number of nitrogens with two attached hydrogens (primary N) is 2. The number of halogens is 1. The molecule has 0 aromatic heterocycles. The van der Waals surface area contributed by atoms with Crippen LogP contribution >= 0.6 is 0 Å². The minimum absolute atomic E-state index is 0.216. The summed E-state index contributed by atoms with van der Waals surface area (Å²) in [4.78, 5) is 20.4. The zero-order chi connectivity index (χ0) is 12.5. The number of nitro groups is 1. The molecule has 1 atom stereocenters. The van der Waals surface area contributed by atoms with Gasteiger partial charge in [0.2, 0.25) is 11.7 Å². The first-order valence-corrected chi connectivity index (χ1v) is 4.37. The lowest BCUT2D eigenvalue weighted by Crippen LogP contribution is -2.19. The van der Waals surface area contributed by atoms with Crippen molar-refractivity contribution in [1.29, 1.82) is 0 Å². The SMILES string of the molecule is CC(C(N)=O)c1cc(N)c([N+](=O)[O-])c(F)c1. The third-order valence-electron chi connectivity index (χ3n) is 2.22. The van der Waals surface area contributed by atoms with Gasteiger partial charge in [0.25, 0.3) is 0 Å². The Bertz CT molecular complexity index is 438. The highest BCUT2D eigenvalue weighted by Crippen LogP contribution is 2.29. The maximum absolute atomic E-state index is 13.3. The van der Waals surface area contributed by atoms with Crippen LogP contribution in [0, 0.1) is 15.9 Å². The fourth-order valence-corrected chi connectivity index (χ4v) is 1.25. The van der Waals surface area contributed by atoms with Gasteiger partial charge in [-0.1, -0.05) is 0 Å². The van der Waals surface area contributed by atoms with E-state index in [1.165, 1.54) is 13.0 Å². The summed E-state index contributed by atoms with van der Waals surface area (Å²) < 4.78 is 13.3. The van der Waals surface area contributed by atoms with Crippen LogP contribution in [0.3, 0.4) is 0 Å². The number of primary amides is 1. The molecule has 0 bridgehead atoms. The standard InChI is InChI=1S/C9H10FN3O3/c1-4(9(12)14)5-2-6(10)8(13(15)16)7(11)3-5/h2-4H,11H2,1H3,(H2,12,14). The van der Waals surface area contributed by atoms with Crippen molar-refractivity contribution in [1.82, 2.24) is 0 Å². The molecule has 16 heavy (non-hydrogen) atoms. The van der Waals surface area contributed by atoms with Crippen molar-refractivity contribution >= 4 is 17.3 Å². The lowest BCUT2D eigenvalue weighted by atomic mass is 9.99. The summed E-state index contributed by atoms with van der Waals surface area (Å²) >= 11 is 0. The molecule has 1 aromatic rings. The number of nitro benzene ring substituents is 1. The smallest absolute Gasteiger partial charge is 0.327 e. The number of benzene rings is 1. The van der Waals surface area contributed by atoms with E-state index in [4.69, 9.17) is 11.5 Å². The van der Waals surface area contributed by atoms with Crippen molar-refractivity contribution < 1.29 is 14.1 Å². The normalized spacial score (nSPS) is 12.1. The van der Waals surface area contributed by atoms with E-state index >= 15 is 0 Å². The van der Waals surface area contributed by atoms with Gasteiger partial charge in [0.1, 0.15) is 5.69 Å². The number of anilines is 1. The van der Waals surface area contributed by atoms with Crippen LogP contribution in [0.5, 0.6) is 0 Å². The first-order chi connectivity index (χ1) is 7.34. The average molecular weight is 227 g/mol. The predicted octanol–water partition coefficient (Wildman–Crippen LogP) is 0.905. The second-order valence-corrected chi connectivity index (χ2v) is 3.32. The lowest BCUT2D eigenvalue weighted by molar-refractivity contribution is -0.386. The molecular formula is C9H10FN3O3. The third-order valence-corrected chi connectivity index (χ3v) is 2.22. The van der Waals surface area contributed by atoms with Crippen molar-refractivity contribution in [2.24, 2.45) is 5.73 Å². The lowest BCUT2D eigenvalue weighted by Gasteiger charge is -2.08. The van der Waals surface area contributed by atoms with E-state index in [9.17, 15) is 19.3 Å². The monoisotopic (exact) mass is 227 g/mol. The Morgan fingerprint density at radius 2 is 2.12 bits per heavy atom. The highest BCUT2D eigenvalue weighted by molar-refractivity contribution is 5.82. The van der Waals surface area contributed by atoms with Gasteiger partial charge < -0.3 is 11.5 Å². The summed E-state index contributed by atoms with van der Waals surface area (Å²) in [5.41, 5.74) is 9.46. The Hall–Kier alpha value is -2.18. The van der Waals surface area contributed by atoms with Crippen molar-refractivity contribution in [2.45, 2.75) is 12.8 Å². The Morgan fingerprint density at radius 1 is 1.56 bits per heavy atom. The van der Waals surface area contributed by atoms with E-state index in [1.807, 2.05) is 0 Å². The highest BCUT2D eigenvalue weighted by atomic mass is 19.1. The molecule has 0 heterocycles. The topological polar surface area (TPSA) is 112 Å². The summed E-state index contributed by atoms with van der Waals surface area (Å²) in [5.74, 6) is -2.49. The molecule has 0 spiro atoms. The molecule has 1 rings (SSSR count). The molecule has 6 nitrogen and oxygen atoms in total. The van der Waals surface area contributed by atoms with Gasteiger partial charge in [0.05, 0.1) is 10.8 Å². The molecule has 4 N–H and O–H groups in total. The third kappa shape index (κ3) is 2.08. The van der Waals surface area contributed by atoms with Crippen LogP contribution in [0.25, 0.3) is 0 Å². The molecule has 0 aliphatic heterocycles. The second-order valence-electron chi connectivity index (χ2n) is 3.32. The molecule has 1 amide bonds. The van der Waals surface area contributed by atoms with Crippen LogP contribution in [-0.4, -0.2) is 10.8 Å². The number of carbonyl (C=O) groups excluding carboxylic acids is 1. The first-order valence-electron chi connectivity index (χ1n) is 4.37. The molecule has 0 aliphatic carbocycles. The summed E-state index contributed by atoms with van der Waals surface area (Å²) in [6.45, 7) is 1.46. The number of hydrogen-bond donors (Lipinski definition) is 2. The van der Waals surface area contributed by atoms with Gasteiger partial charge in [-0.2, -0.15) is 4.39 Å². The number of hydrogen-bond acceptors (Lipinski definition) is 4. The van der Waals surface area contributed by atoms with Gasteiger partial charge in [0, 0.05) is 0 Å². The van der Waals surface area contributed by atoms with Gasteiger partial charge in [-0.25, -0.2) is 0 Å². The zero-order valence-electron chi connectivity index (χ0n) is 8.44. The number of carbonyl (C=O) groups is 1. The Labute approximate surface area is 90.2 Å². The van der Waals surface area contributed by atoms with Gasteiger partial charge in [0.15, 0.2) is 0 Å². The number of nitrogen functional groups attached to an aromatic ring is 1. The summed E-state index contributed by atoms with van der Waals surface area (Å²) in [6.07, 6.45) is 0. The fraction of sp³-hybridized carbons (Fsp3) is 0.222. The van der Waals surface area contributed by atoms with E-state index in [-0.39, 0.29) is 11.3 Å². The minimum atomic E-state index is -1.08. The van der Waals surface area contributed by atoms with Crippen LogP contribution in [0.15, 0.2) is 12.1 Å². The molecule has 0 saturated carbocycles. The van der Waals surface area contributed by atoms with Crippen LogP contribution in [0.4, 0.5) is 15.8 Å². The van der Waals surface area contributed by atoms with Crippen LogP contribution in [0.2, 0.25) is 0 Å². The van der Waals surface area contributed by atoms with Crippen molar-refractivity contribution in [3.63, 3.8) is 0 Å². The molecule has 1 unspecified atom stereocenters. The van der Waals surface area contributed by atoms with Gasteiger partial charge >= 0.3 is 5.69 Å². The molecule has 86 valence electrons. The molecular weight excluding hydrogens is 217 g/mol. The van der Waals surface area contributed by atoms with Crippen molar-refractivity contribution in [2.75, 3.05) is 5.73 Å². The van der Waals surface area contributed by atoms with E-state index in [0.717, 1.165) is 6.07 Å². The van der Waals surface area contributed by atoms with Gasteiger partial charge in [-0.3, -0.25) is 14.9 Å². The Kier molecular flexibility index (Phi) is 3.07. The Balaban J connectivity index is 3.30. The molecule has 0 radical (unpaired) electrons. The van der Waals surface area contributed by atoms with Crippen LogP contribution in [-0.2, 0) is 4.79 Å². The van der Waals surface area contributed by atoms with Gasteiger partial charge in [-0.15, -0.1) is 0 Å². The Morgan fingerprint density at radius 3 is 2.50 bits per heavy atom. The van der Waals surface area contributed by atoms with E-state index in [2.05, 4.69) is 0 Å². The van der Waals surface area contributed by atoms with E-state index in [0.29, 0.717) is 0 Å². The minimum Gasteiger partial charge on any atom is -0.393 e. The maximum Gasteiger partial charge on any atom is 0.327 e. The predicted molar refractivity (Wildman–Crippen MR) is 55.1 cm³/mol. The van der Waals surface area contributed by atoms with Crippen LogP contribution < -0.4 is 11.5 Å². The average Bonchev–Trinajstić information content (AvgIpc) is 2.14. The summed E-state index contributed by atoms with van der Waals surface area (Å²) in [7, 11) is 0. The second kappa shape index (κ2) is 4.13. The molecule has 7 heteroatoms. The van der Waals surface area contributed by atoms with E-state index in [1.54, 1.807) is 0 Å². The van der Waals surface area contributed by atoms with Crippen molar-refractivity contribution in [3.8, 4) is 0 Å². The maximum atomic E-state index is 13.3. The fourth-order valence-electron chi connectivity index (χ4n) is 1.25. The molecule has 0 aliphatic rings.